The van der Waals surface area contributed by atoms with Crippen LogP contribution in [0.4, 0.5) is 4.79 Å². The summed E-state index contributed by atoms with van der Waals surface area (Å²) >= 11 is 1.24. The number of hydrazine groups is 1. The first-order valence-electron chi connectivity index (χ1n) is 4.40. The molecule has 0 unspecified atom stereocenters. The van der Waals surface area contributed by atoms with E-state index in [4.69, 9.17) is 0 Å². The summed E-state index contributed by atoms with van der Waals surface area (Å²) < 4.78 is 7.23. The molecule has 6 nitrogen and oxygen atoms in total. The highest BCUT2D eigenvalue weighted by Crippen LogP contribution is 1.93. The number of ether oxygens (including phenoxy) is 1. The van der Waals surface area contributed by atoms with E-state index in [1.54, 1.807) is 17.3 Å². The second-order valence-electron chi connectivity index (χ2n) is 2.77. The number of nitrogens with one attached hydrogen (secondary N) is 2. The number of rotatable bonds is 4. The van der Waals surface area contributed by atoms with Crippen LogP contribution in [0, 0.1) is 0 Å². The minimum atomic E-state index is -0.455. The number of carbonyl (C=O) groups excluding carboxylic acids is 2. The Labute approximate surface area is 92.1 Å². The van der Waals surface area contributed by atoms with E-state index in [1.165, 1.54) is 18.0 Å². The highest BCUT2D eigenvalue weighted by Gasteiger charge is 2.14. The standard InChI is InChI=1S/C8H13N3O3S/c1-15-10-7(12)3-2-4-11-5-6-14-8(13)9-11/h2-3H,4-6H2,1H3,(H,9,13)(H,10,12)/b3-2+. The Kier molecular flexibility index (Phi) is 4.99. The lowest BCUT2D eigenvalue weighted by Crippen LogP contribution is -2.49. The van der Waals surface area contributed by atoms with Crippen molar-refractivity contribution in [3.63, 3.8) is 0 Å². The number of amides is 2. The SMILES string of the molecule is CSNC(=O)/C=C/CN1CCOC(=O)N1. The van der Waals surface area contributed by atoms with Gasteiger partial charge in [-0.05, 0) is 0 Å². The molecule has 1 aliphatic heterocycles. The molecular weight excluding hydrogens is 218 g/mol. The largest absolute Gasteiger partial charge is 0.447 e. The van der Waals surface area contributed by atoms with Gasteiger partial charge in [-0.15, -0.1) is 0 Å². The summed E-state index contributed by atoms with van der Waals surface area (Å²) in [5.41, 5.74) is 2.51. The van der Waals surface area contributed by atoms with Gasteiger partial charge in [-0.3, -0.25) is 14.9 Å². The lowest BCUT2D eigenvalue weighted by molar-refractivity contribution is -0.114. The summed E-state index contributed by atoms with van der Waals surface area (Å²) in [5.74, 6) is -0.165. The van der Waals surface area contributed by atoms with Crippen LogP contribution in [-0.2, 0) is 9.53 Å². The third-order valence-electron chi connectivity index (χ3n) is 1.64. The van der Waals surface area contributed by atoms with E-state index in [-0.39, 0.29) is 5.91 Å². The average Bonchev–Trinajstić information content (AvgIpc) is 2.18. The minimum Gasteiger partial charge on any atom is -0.447 e. The lowest BCUT2D eigenvalue weighted by Gasteiger charge is -2.25. The number of hydrogen-bond donors (Lipinski definition) is 2. The number of carbonyl (C=O) groups is 2. The molecule has 2 N–H and O–H groups in total. The molecule has 1 saturated heterocycles. The fourth-order valence-corrected chi connectivity index (χ4v) is 1.29. The third kappa shape index (κ3) is 4.71. The van der Waals surface area contributed by atoms with E-state index < -0.39 is 6.09 Å². The minimum absolute atomic E-state index is 0.165. The monoisotopic (exact) mass is 231 g/mol. The maximum Gasteiger partial charge on any atom is 0.421 e. The van der Waals surface area contributed by atoms with E-state index in [9.17, 15) is 9.59 Å². The quantitative estimate of drug-likeness (QED) is 0.522. The Bertz CT molecular complexity index is 270. The van der Waals surface area contributed by atoms with Gasteiger partial charge in [-0.2, -0.15) is 0 Å². The molecule has 1 rings (SSSR count). The zero-order valence-electron chi connectivity index (χ0n) is 8.36. The first-order valence-corrected chi connectivity index (χ1v) is 5.62. The van der Waals surface area contributed by atoms with Crippen LogP contribution in [0.15, 0.2) is 12.2 Å². The van der Waals surface area contributed by atoms with Gasteiger partial charge in [0.05, 0.1) is 6.54 Å². The first-order chi connectivity index (χ1) is 7.22. The molecule has 0 spiro atoms. The molecule has 2 amide bonds. The maximum atomic E-state index is 11.0. The fraction of sp³-hybridized carbons (Fsp3) is 0.500. The van der Waals surface area contributed by atoms with Crippen molar-refractivity contribution in [2.45, 2.75) is 0 Å². The van der Waals surface area contributed by atoms with Gasteiger partial charge < -0.3 is 4.74 Å². The van der Waals surface area contributed by atoms with Crippen molar-refractivity contribution in [1.82, 2.24) is 15.2 Å². The Morgan fingerprint density at radius 3 is 3.27 bits per heavy atom. The van der Waals surface area contributed by atoms with E-state index in [2.05, 4.69) is 14.9 Å². The van der Waals surface area contributed by atoms with Gasteiger partial charge in [0.15, 0.2) is 0 Å². The number of cyclic esters (lactones) is 1. The molecule has 1 heterocycles. The van der Waals surface area contributed by atoms with Crippen LogP contribution in [0.5, 0.6) is 0 Å². The van der Waals surface area contributed by atoms with E-state index in [1.807, 2.05) is 0 Å². The van der Waals surface area contributed by atoms with Crippen molar-refractivity contribution in [1.29, 1.82) is 0 Å². The van der Waals surface area contributed by atoms with Gasteiger partial charge in [0, 0.05) is 18.9 Å². The number of nitrogens with zero attached hydrogens (tertiary/aromatic N) is 1. The molecule has 0 bridgehead atoms. The summed E-state index contributed by atoms with van der Waals surface area (Å²) in [4.78, 5) is 21.8. The highest BCUT2D eigenvalue weighted by molar-refractivity contribution is 7.97. The predicted molar refractivity (Wildman–Crippen MR) is 56.9 cm³/mol. The molecule has 0 radical (unpaired) electrons. The molecule has 0 aliphatic carbocycles. The average molecular weight is 231 g/mol. The summed E-state index contributed by atoms with van der Waals surface area (Å²) in [6.45, 7) is 1.47. The molecule has 0 aromatic heterocycles. The Balaban J connectivity index is 2.23. The topological polar surface area (TPSA) is 70.7 Å². The van der Waals surface area contributed by atoms with E-state index in [0.717, 1.165) is 0 Å². The summed E-state index contributed by atoms with van der Waals surface area (Å²) in [6, 6.07) is 0. The van der Waals surface area contributed by atoms with E-state index in [0.29, 0.717) is 19.7 Å². The van der Waals surface area contributed by atoms with Crippen LogP contribution < -0.4 is 10.1 Å². The van der Waals surface area contributed by atoms with Crippen LogP contribution in [0.25, 0.3) is 0 Å². The molecule has 15 heavy (non-hydrogen) atoms. The molecule has 0 aromatic rings. The van der Waals surface area contributed by atoms with Gasteiger partial charge in [0.2, 0.25) is 0 Å². The molecule has 0 atom stereocenters. The molecule has 1 aliphatic rings. The van der Waals surface area contributed by atoms with Crippen LogP contribution in [-0.4, -0.2) is 43.0 Å². The van der Waals surface area contributed by atoms with Crippen molar-refractivity contribution in [3.8, 4) is 0 Å². The van der Waals surface area contributed by atoms with Gasteiger partial charge in [-0.1, -0.05) is 18.0 Å². The van der Waals surface area contributed by atoms with Crippen LogP contribution >= 0.6 is 11.9 Å². The van der Waals surface area contributed by atoms with Crippen molar-refractivity contribution in [3.05, 3.63) is 12.2 Å². The first kappa shape index (κ1) is 11.9. The van der Waals surface area contributed by atoms with Crippen molar-refractivity contribution in [2.75, 3.05) is 26.0 Å². The molecule has 84 valence electrons. The fourth-order valence-electron chi connectivity index (χ4n) is 1.02. The second kappa shape index (κ2) is 6.31. The molecule has 0 aromatic carbocycles. The molecular formula is C8H13N3O3S. The Hall–Kier alpha value is -1.21. The van der Waals surface area contributed by atoms with Gasteiger partial charge in [-0.25, -0.2) is 9.80 Å². The van der Waals surface area contributed by atoms with Gasteiger partial charge in [0.25, 0.3) is 5.91 Å². The van der Waals surface area contributed by atoms with Crippen LogP contribution in [0.2, 0.25) is 0 Å². The van der Waals surface area contributed by atoms with E-state index >= 15 is 0 Å². The molecule has 1 fully saturated rings. The van der Waals surface area contributed by atoms with Crippen molar-refractivity contribution in [2.24, 2.45) is 0 Å². The number of hydrogen-bond acceptors (Lipinski definition) is 5. The maximum absolute atomic E-state index is 11.0. The molecule has 0 saturated carbocycles. The normalized spacial score (nSPS) is 17.3. The lowest BCUT2D eigenvalue weighted by atomic mass is 10.4. The zero-order valence-corrected chi connectivity index (χ0v) is 9.17. The summed E-state index contributed by atoms with van der Waals surface area (Å²) in [5, 5.41) is 1.68. The van der Waals surface area contributed by atoms with Gasteiger partial charge >= 0.3 is 6.09 Å². The predicted octanol–water partition coefficient (Wildman–Crippen LogP) is -0.106. The zero-order chi connectivity index (χ0) is 11.1. The van der Waals surface area contributed by atoms with Crippen molar-refractivity contribution < 1.29 is 14.3 Å². The van der Waals surface area contributed by atoms with Crippen LogP contribution in [0.1, 0.15) is 0 Å². The smallest absolute Gasteiger partial charge is 0.421 e. The van der Waals surface area contributed by atoms with Gasteiger partial charge in [0.1, 0.15) is 6.61 Å². The third-order valence-corrected chi connectivity index (χ3v) is 2.05. The summed E-state index contributed by atoms with van der Waals surface area (Å²) in [7, 11) is 0. The Morgan fingerprint density at radius 1 is 1.80 bits per heavy atom. The Morgan fingerprint density at radius 2 is 2.60 bits per heavy atom. The second-order valence-corrected chi connectivity index (χ2v) is 3.38. The van der Waals surface area contributed by atoms with Crippen molar-refractivity contribution >= 4 is 23.9 Å². The summed E-state index contributed by atoms with van der Waals surface area (Å²) in [6.07, 6.45) is 4.42. The van der Waals surface area contributed by atoms with Crippen LogP contribution in [0.3, 0.4) is 0 Å². The highest BCUT2D eigenvalue weighted by atomic mass is 32.2. The molecule has 7 heteroatoms.